The first kappa shape index (κ1) is 9.26. The quantitative estimate of drug-likeness (QED) is 0.743. The molecule has 1 aromatic heterocycles. The maximum atomic E-state index is 4.31. The predicted octanol–water partition coefficient (Wildman–Crippen LogP) is 1.74. The van der Waals surface area contributed by atoms with Crippen molar-refractivity contribution in [2.75, 3.05) is 7.05 Å². The fourth-order valence-electron chi connectivity index (χ4n) is 1.23. The van der Waals surface area contributed by atoms with Crippen molar-refractivity contribution in [2.45, 2.75) is 32.9 Å². The summed E-state index contributed by atoms with van der Waals surface area (Å²) in [6.07, 6.45) is 3.87. The molecule has 0 fully saturated rings. The predicted molar refractivity (Wildman–Crippen MR) is 50.1 cm³/mol. The van der Waals surface area contributed by atoms with E-state index in [9.17, 15) is 0 Å². The molecule has 0 aliphatic carbocycles. The van der Waals surface area contributed by atoms with Crippen LogP contribution in [0.25, 0.3) is 0 Å². The highest BCUT2D eigenvalue weighted by Gasteiger charge is 2.10. The smallest absolute Gasteiger partial charge is 0.125 e. The number of nitrogens with one attached hydrogen (secondary N) is 1. The highest BCUT2D eigenvalue weighted by atomic mass is 15.1. The van der Waals surface area contributed by atoms with Gasteiger partial charge in [-0.3, -0.25) is 0 Å². The molecule has 1 atom stereocenters. The van der Waals surface area contributed by atoms with E-state index in [1.165, 1.54) is 0 Å². The summed E-state index contributed by atoms with van der Waals surface area (Å²) in [4.78, 5) is 4.31. The number of imidazole rings is 1. The molecule has 68 valence electrons. The van der Waals surface area contributed by atoms with Crippen LogP contribution in [0, 0.1) is 0 Å². The molecular weight excluding hydrogens is 150 g/mol. The van der Waals surface area contributed by atoms with Gasteiger partial charge >= 0.3 is 0 Å². The Balaban J connectivity index is 2.91. The molecule has 0 bridgehead atoms. The van der Waals surface area contributed by atoms with Crippen molar-refractivity contribution in [3.8, 4) is 0 Å². The Bertz CT molecular complexity index is 240. The topological polar surface area (TPSA) is 29.9 Å². The van der Waals surface area contributed by atoms with Crippen LogP contribution in [0.5, 0.6) is 0 Å². The summed E-state index contributed by atoms with van der Waals surface area (Å²) in [6, 6.07) is 0.806. The molecule has 0 radical (unpaired) electrons. The number of aromatic nitrogens is 2. The lowest BCUT2D eigenvalue weighted by Gasteiger charge is -2.15. The second-order valence-electron chi connectivity index (χ2n) is 3.30. The van der Waals surface area contributed by atoms with Gasteiger partial charge in [0.1, 0.15) is 5.82 Å². The SMILES string of the molecule is CN[C@@H](C)c1nccn1C(C)C. The molecule has 0 aliphatic heterocycles. The van der Waals surface area contributed by atoms with Crippen molar-refractivity contribution in [2.24, 2.45) is 0 Å². The van der Waals surface area contributed by atoms with E-state index < -0.39 is 0 Å². The van der Waals surface area contributed by atoms with Crippen LogP contribution in [-0.4, -0.2) is 16.6 Å². The van der Waals surface area contributed by atoms with Crippen LogP contribution >= 0.6 is 0 Å². The van der Waals surface area contributed by atoms with E-state index in [0.29, 0.717) is 12.1 Å². The van der Waals surface area contributed by atoms with Crippen molar-refractivity contribution in [3.63, 3.8) is 0 Å². The summed E-state index contributed by atoms with van der Waals surface area (Å²) >= 11 is 0. The van der Waals surface area contributed by atoms with Crippen molar-refractivity contribution >= 4 is 0 Å². The number of hydrogen-bond acceptors (Lipinski definition) is 2. The zero-order valence-electron chi connectivity index (χ0n) is 8.20. The Morgan fingerprint density at radius 3 is 2.58 bits per heavy atom. The van der Waals surface area contributed by atoms with E-state index in [-0.39, 0.29) is 0 Å². The zero-order valence-corrected chi connectivity index (χ0v) is 8.20. The largest absolute Gasteiger partial charge is 0.331 e. The Morgan fingerprint density at radius 1 is 1.42 bits per heavy atom. The minimum atomic E-state index is 0.322. The summed E-state index contributed by atoms with van der Waals surface area (Å²) in [7, 11) is 1.95. The molecule has 0 spiro atoms. The van der Waals surface area contributed by atoms with Gasteiger partial charge in [0.15, 0.2) is 0 Å². The van der Waals surface area contributed by atoms with Crippen LogP contribution in [0.3, 0.4) is 0 Å². The molecule has 0 unspecified atom stereocenters. The van der Waals surface area contributed by atoms with Gasteiger partial charge < -0.3 is 9.88 Å². The van der Waals surface area contributed by atoms with Crippen LogP contribution in [0.1, 0.15) is 38.7 Å². The molecule has 1 heterocycles. The zero-order chi connectivity index (χ0) is 9.14. The molecule has 3 heteroatoms. The Kier molecular flexibility index (Phi) is 2.87. The Hall–Kier alpha value is -0.830. The second-order valence-corrected chi connectivity index (χ2v) is 3.30. The van der Waals surface area contributed by atoms with Gasteiger partial charge in [0, 0.05) is 18.4 Å². The summed E-state index contributed by atoms with van der Waals surface area (Å²) in [6.45, 7) is 6.43. The first-order valence-electron chi connectivity index (χ1n) is 4.36. The fourth-order valence-corrected chi connectivity index (χ4v) is 1.23. The van der Waals surface area contributed by atoms with E-state index in [1.807, 2.05) is 19.4 Å². The molecule has 1 aromatic rings. The van der Waals surface area contributed by atoms with E-state index in [0.717, 1.165) is 5.82 Å². The van der Waals surface area contributed by atoms with Crippen LogP contribution in [0.15, 0.2) is 12.4 Å². The summed E-state index contributed by atoms with van der Waals surface area (Å²) in [5.41, 5.74) is 0. The monoisotopic (exact) mass is 167 g/mol. The molecular formula is C9H17N3. The molecule has 0 amide bonds. The highest BCUT2D eigenvalue weighted by Crippen LogP contribution is 2.14. The van der Waals surface area contributed by atoms with Crippen LogP contribution in [-0.2, 0) is 0 Å². The maximum Gasteiger partial charge on any atom is 0.125 e. The lowest BCUT2D eigenvalue weighted by molar-refractivity contribution is 0.510. The van der Waals surface area contributed by atoms with Crippen LogP contribution < -0.4 is 5.32 Å². The van der Waals surface area contributed by atoms with Crippen molar-refractivity contribution in [3.05, 3.63) is 18.2 Å². The third kappa shape index (κ3) is 1.67. The normalized spacial score (nSPS) is 13.8. The summed E-state index contributed by atoms with van der Waals surface area (Å²) in [5, 5.41) is 3.18. The average molecular weight is 167 g/mol. The van der Waals surface area contributed by atoms with Gasteiger partial charge in [0.2, 0.25) is 0 Å². The van der Waals surface area contributed by atoms with E-state index >= 15 is 0 Å². The van der Waals surface area contributed by atoms with Gasteiger partial charge in [-0.1, -0.05) is 0 Å². The summed E-state index contributed by atoms with van der Waals surface area (Å²) < 4.78 is 2.18. The standard InChI is InChI=1S/C9H17N3/c1-7(2)12-6-5-11-9(12)8(3)10-4/h5-8,10H,1-4H3/t8-/m0/s1. The molecule has 1 N–H and O–H groups in total. The molecule has 3 nitrogen and oxygen atoms in total. The van der Waals surface area contributed by atoms with Gasteiger partial charge in [-0.05, 0) is 27.8 Å². The number of rotatable bonds is 3. The lowest BCUT2D eigenvalue weighted by atomic mass is 10.3. The minimum Gasteiger partial charge on any atom is -0.331 e. The van der Waals surface area contributed by atoms with Gasteiger partial charge in [0.25, 0.3) is 0 Å². The van der Waals surface area contributed by atoms with Crippen molar-refractivity contribution in [1.82, 2.24) is 14.9 Å². The van der Waals surface area contributed by atoms with Gasteiger partial charge in [-0.2, -0.15) is 0 Å². The van der Waals surface area contributed by atoms with Gasteiger partial charge in [0.05, 0.1) is 6.04 Å². The van der Waals surface area contributed by atoms with Crippen molar-refractivity contribution < 1.29 is 0 Å². The highest BCUT2D eigenvalue weighted by molar-refractivity contribution is 4.99. The first-order valence-corrected chi connectivity index (χ1v) is 4.36. The second kappa shape index (κ2) is 3.72. The molecule has 0 aromatic carbocycles. The van der Waals surface area contributed by atoms with Gasteiger partial charge in [-0.15, -0.1) is 0 Å². The number of hydrogen-bond donors (Lipinski definition) is 1. The summed E-state index contributed by atoms with van der Waals surface area (Å²) in [5.74, 6) is 1.10. The molecule has 0 saturated carbocycles. The fraction of sp³-hybridized carbons (Fsp3) is 0.667. The van der Waals surface area contributed by atoms with Gasteiger partial charge in [-0.25, -0.2) is 4.98 Å². The average Bonchev–Trinajstić information content (AvgIpc) is 2.50. The molecule has 12 heavy (non-hydrogen) atoms. The Morgan fingerprint density at radius 2 is 2.08 bits per heavy atom. The number of nitrogens with zero attached hydrogens (tertiary/aromatic N) is 2. The first-order chi connectivity index (χ1) is 5.66. The van der Waals surface area contributed by atoms with Crippen LogP contribution in [0.4, 0.5) is 0 Å². The maximum absolute atomic E-state index is 4.31. The third-order valence-corrected chi connectivity index (χ3v) is 2.08. The minimum absolute atomic E-state index is 0.322. The third-order valence-electron chi connectivity index (χ3n) is 2.08. The lowest BCUT2D eigenvalue weighted by Crippen LogP contribution is -2.18. The van der Waals surface area contributed by atoms with E-state index in [2.05, 4.69) is 35.6 Å². The van der Waals surface area contributed by atoms with E-state index in [1.54, 1.807) is 0 Å². The molecule has 1 rings (SSSR count). The van der Waals surface area contributed by atoms with Crippen molar-refractivity contribution in [1.29, 1.82) is 0 Å². The van der Waals surface area contributed by atoms with Crippen LogP contribution in [0.2, 0.25) is 0 Å². The molecule has 0 saturated heterocycles. The Labute approximate surface area is 73.8 Å². The van der Waals surface area contributed by atoms with E-state index in [4.69, 9.17) is 0 Å². The molecule has 0 aliphatic rings.